The standard InChI is InChI=1S/C3H5I.Ni/c1-2-3-4;/h2H,1,3H2;. The van der Waals surface area contributed by atoms with Crippen LogP contribution >= 0.6 is 22.6 Å². The van der Waals surface area contributed by atoms with Crippen LogP contribution < -0.4 is 0 Å². The molecule has 5 heavy (non-hydrogen) atoms. The molecule has 0 saturated heterocycles. The Morgan fingerprint density at radius 2 is 2.00 bits per heavy atom. The zero-order chi connectivity index (χ0) is 3.41. The van der Waals surface area contributed by atoms with Crippen molar-refractivity contribution < 1.29 is 16.5 Å². The molecule has 0 aliphatic heterocycles. The second-order valence-corrected chi connectivity index (χ2v) is 1.32. The molecule has 0 rings (SSSR count). The average molecular weight is 227 g/mol. The van der Waals surface area contributed by atoms with E-state index in [1.54, 1.807) is 0 Å². The van der Waals surface area contributed by atoms with Crippen LogP contribution in [0.2, 0.25) is 0 Å². The topological polar surface area (TPSA) is 0 Å². The van der Waals surface area contributed by atoms with Crippen molar-refractivity contribution in [2.24, 2.45) is 0 Å². The number of allylic oxidation sites excluding steroid dienone is 1. The molecule has 0 heterocycles. The molecule has 0 amide bonds. The molecule has 0 unspecified atom stereocenters. The molecule has 0 bridgehead atoms. The fourth-order valence-electron chi connectivity index (χ4n) is 0. The Balaban J connectivity index is 0. The van der Waals surface area contributed by atoms with Gasteiger partial charge in [0.25, 0.3) is 0 Å². The Bertz CT molecular complexity index is 20.9. The third-order valence-corrected chi connectivity index (χ3v) is 0.732. The predicted molar refractivity (Wildman–Crippen MR) is 29.1 cm³/mol. The molecule has 0 aromatic carbocycles. The van der Waals surface area contributed by atoms with E-state index in [1.165, 1.54) is 0 Å². The molecule has 0 spiro atoms. The fraction of sp³-hybridized carbons (Fsp3) is 0.333. The summed E-state index contributed by atoms with van der Waals surface area (Å²) in [7, 11) is 0. The van der Waals surface area contributed by atoms with E-state index in [9.17, 15) is 0 Å². The van der Waals surface area contributed by atoms with Gasteiger partial charge in [-0.25, -0.2) is 0 Å². The van der Waals surface area contributed by atoms with Gasteiger partial charge in [0.15, 0.2) is 0 Å². The van der Waals surface area contributed by atoms with Crippen LogP contribution in [0.1, 0.15) is 0 Å². The van der Waals surface area contributed by atoms with Crippen molar-refractivity contribution in [2.45, 2.75) is 0 Å². The van der Waals surface area contributed by atoms with E-state index in [1.807, 2.05) is 6.08 Å². The van der Waals surface area contributed by atoms with Gasteiger partial charge in [0.2, 0.25) is 0 Å². The zero-order valence-corrected chi connectivity index (χ0v) is 5.83. The Morgan fingerprint density at radius 3 is 2.00 bits per heavy atom. The minimum Gasteiger partial charge on any atom is -0.102 e. The maximum absolute atomic E-state index is 3.47. The van der Waals surface area contributed by atoms with Crippen LogP contribution in [-0.4, -0.2) is 4.43 Å². The molecule has 0 fully saturated rings. The smallest absolute Gasteiger partial charge is 0.0173 e. The molecule has 34 valence electrons. The van der Waals surface area contributed by atoms with E-state index in [0.717, 1.165) is 4.43 Å². The summed E-state index contributed by atoms with van der Waals surface area (Å²) in [5.41, 5.74) is 0. The minimum absolute atomic E-state index is 0. The summed E-state index contributed by atoms with van der Waals surface area (Å²) >= 11 is 2.23. The summed E-state index contributed by atoms with van der Waals surface area (Å²) in [6.45, 7) is 3.47. The number of hydrogen-bond acceptors (Lipinski definition) is 0. The summed E-state index contributed by atoms with van der Waals surface area (Å²) in [6.07, 6.45) is 1.86. The summed E-state index contributed by atoms with van der Waals surface area (Å²) in [4.78, 5) is 0. The molecule has 0 radical (unpaired) electrons. The quantitative estimate of drug-likeness (QED) is 0.276. The minimum atomic E-state index is 0. The maximum atomic E-state index is 3.47. The van der Waals surface area contributed by atoms with E-state index in [0.29, 0.717) is 0 Å². The first-order valence-corrected chi connectivity index (χ1v) is 2.61. The van der Waals surface area contributed by atoms with Crippen LogP contribution in [0.4, 0.5) is 0 Å². The molecule has 0 saturated carbocycles. The fourth-order valence-corrected chi connectivity index (χ4v) is 0. The van der Waals surface area contributed by atoms with E-state index in [4.69, 9.17) is 0 Å². The van der Waals surface area contributed by atoms with Crippen LogP contribution in [0.3, 0.4) is 0 Å². The van der Waals surface area contributed by atoms with Gasteiger partial charge in [0, 0.05) is 20.9 Å². The zero-order valence-electron chi connectivity index (χ0n) is 2.69. The van der Waals surface area contributed by atoms with Gasteiger partial charge in [-0.05, 0) is 0 Å². The van der Waals surface area contributed by atoms with Crippen molar-refractivity contribution in [1.82, 2.24) is 0 Å². The predicted octanol–water partition coefficient (Wildman–Crippen LogP) is 1.60. The van der Waals surface area contributed by atoms with E-state index in [-0.39, 0.29) is 16.5 Å². The van der Waals surface area contributed by atoms with Gasteiger partial charge in [0.1, 0.15) is 0 Å². The Morgan fingerprint density at radius 1 is 1.80 bits per heavy atom. The van der Waals surface area contributed by atoms with Crippen LogP contribution in [0.15, 0.2) is 12.7 Å². The SMILES string of the molecule is C=CCI.[Ni]. The first-order valence-electron chi connectivity index (χ1n) is 1.08. The molecule has 0 aliphatic rings. The van der Waals surface area contributed by atoms with Crippen LogP contribution in [0, 0.1) is 0 Å². The largest absolute Gasteiger partial charge is 0.102 e. The van der Waals surface area contributed by atoms with Crippen molar-refractivity contribution in [3.05, 3.63) is 12.7 Å². The third-order valence-electron chi connectivity index (χ3n) is 0.109. The molecule has 0 N–H and O–H groups in total. The second kappa shape index (κ2) is 8.88. The molecule has 0 aliphatic carbocycles. The number of halogens is 1. The number of alkyl halides is 1. The van der Waals surface area contributed by atoms with Crippen molar-refractivity contribution in [1.29, 1.82) is 0 Å². The van der Waals surface area contributed by atoms with Gasteiger partial charge in [-0.15, -0.1) is 6.58 Å². The van der Waals surface area contributed by atoms with E-state index >= 15 is 0 Å². The molecule has 2 heteroatoms. The van der Waals surface area contributed by atoms with Gasteiger partial charge < -0.3 is 0 Å². The van der Waals surface area contributed by atoms with Crippen molar-refractivity contribution in [3.8, 4) is 0 Å². The summed E-state index contributed by atoms with van der Waals surface area (Å²) in [5, 5.41) is 0. The first-order chi connectivity index (χ1) is 1.91. The van der Waals surface area contributed by atoms with Gasteiger partial charge in [-0.2, -0.15) is 0 Å². The molecular weight excluding hydrogens is 222 g/mol. The van der Waals surface area contributed by atoms with Crippen molar-refractivity contribution >= 4 is 22.6 Å². The normalized spacial score (nSPS) is 5.00. The van der Waals surface area contributed by atoms with Gasteiger partial charge in [-0.1, -0.05) is 28.7 Å². The molecule has 0 aromatic rings. The number of hydrogen-bond donors (Lipinski definition) is 0. The first kappa shape index (κ1) is 9.35. The molecular formula is C3H5INi. The maximum Gasteiger partial charge on any atom is 0.0173 e. The van der Waals surface area contributed by atoms with Gasteiger partial charge in [0.05, 0.1) is 0 Å². The monoisotopic (exact) mass is 226 g/mol. The summed E-state index contributed by atoms with van der Waals surface area (Å²) < 4.78 is 1.05. The average Bonchev–Trinajstić information content (AvgIpc) is 1.37. The Kier molecular flexibility index (Phi) is 16.6. The van der Waals surface area contributed by atoms with Gasteiger partial charge >= 0.3 is 0 Å². The molecule has 0 atom stereocenters. The third kappa shape index (κ3) is 11.3. The van der Waals surface area contributed by atoms with E-state index < -0.39 is 0 Å². The Labute approximate surface area is 56.1 Å². The van der Waals surface area contributed by atoms with Crippen LogP contribution in [-0.2, 0) is 16.5 Å². The van der Waals surface area contributed by atoms with Gasteiger partial charge in [-0.3, -0.25) is 0 Å². The Hall–Kier alpha value is 0.964. The summed E-state index contributed by atoms with van der Waals surface area (Å²) in [5.74, 6) is 0. The second-order valence-electron chi connectivity index (χ2n) is 0.443. The van der Waals surface area contributed by atoms with Crippen LogP contribution in [0.25, 0.3) is 0 Å². The molecule has 0 nitrogen and oxygen atoms in total. The molecule has 0 aromatic heterocycles. The van der Waals surface area contributed by atoms with Crippen molar-refractivity contribution in [3.63, 3.8) is 0 Å². The van der Waals surface area contributed by atoms with Crippen LogP contribution in [0.5, 0.6) is 0 Å². The summed E-state index contributed by atoms with van der Waals surface area (Å²) in [6, 6.07) is 0. The van der Waals surface area contributed by atoms with Crippen molar-refractivity contribution in [2.75, 3.05) is 4.43 Å². The van der Waals surface area contributed by atoms with E-state index in [2.05, 4.69) is 29.2 Å². The number of rotatable bonds is 1.